The van der Waals surface area contributed by atoms with Crippen LogP contribution in [0.1, 0.15) is 12.6 Å². The highest BCUT2D eigenvalue weighted by molar-refractivity contribution is 7.46. The number of nitrogen functional groups attached to an aromatic ring is 1. The Balaban J connectivity index is 2.01. The largest absolute Gasteiger partial charge is 0.480 e. The fourth-order valence-electron chi connectivity index (χ4n) is 2.56. The van der Waals surface area contributed by atoms with Gasteiger partial charge in [0.1, 0.15) is 18.4 Å². The van der Waals surface area contributed by atoms with Crippen molar-refractivity contribution >= 4 is 24.9 Å². The van der Waals surface area contributed by atoms with Crippen molar-refractivity contribution < 1.29 is 33.8 Å². The summed E-state index contributed by atoms with van der Waals surface area (Å²) >= 11 is 0. The molecule has 0 unspecified atom stereocenters. The number of nitrogens with two attached hydrogens (primary N) is 1. The molecule has 3 atom stereocenters. The number of phosphoric ester groups is 1. The number of nitrogens with one attached hydrogen (secondary N) is 1. The molecule has 13 nitrogen and oxygen atoms in total. The van der Waals surface area contributed by atoms with Crippen LogP contribution in [-0.2, 0) is 13.8 Å². The first-order chi connectivity index (χ1) is 11.2. The predicted octanol–water partition coefficient (Wildman–Crippen LogP) is -1.83. The highest BCUT2D eigenvalue weighted by Gasteiger charge is 2.41. The molecule has 1 saturated heterocycles. The average Bonchev–Trinajstić information content (AvgIpc) is 2.97. The van der Waals surface area contributed by atoms with Gasteiger partial charge in [-0.15, -0.1) is 0 Å². The normalized spacial score (nSPS) is 24.7. The van der Waals surface area contributed by atoms with Gasteiger partial charge < -0.3 is 30.5 Å². The molecule has 1 aliphatic heterocycles. The van der Waals surface area contributed by atoms with E-state index >= 15 is 0 Å². The maximum atomic E-state index is 11.8. The molecule has 14 heteroatoms. The SMILES string of the molecule is Nc1nc2c(nc(O)n2[C@H]2C[C@H](OP(=O)(O)O)[C@@H](CO)O2)c(=O)[nH]1. The Labute approximate surface area is 132 Å². The maximum Gasteiger partial charge on any atom is 0.469 e. The molecule has 0 spiro atoms. The summed E-state index contributed by atoms with van der Waals surface area (Å²) in [6, 6.07) is -0.605. The fourth-order valence-corrected chi connectivity index (χ4v) is 3.14. The quantitative estimate of drug-likeness (QED) is 0.333. The summed E-state index contributed by atoms with van der Waals surface area (Å²) in [6.07, 6.45) is -3.36. The Hall–Kier alpha value is -2.02. The van der Waals surface area contributed by atoms with Gasteiger partial charge in [0, 0.05) is 6.42 Å². The van der Waals surface area contributed by atoms with E-state index in [2.05, 4.69) is 19.5 Å². The zero-order chi connectivity index (χ0) is 17.6. The molecule has 7 N–H and O–H groups in total. The number of fused-ring (bicyclic) bond motifs is 1. The van der Waals surface area contributed by atoms with Crippen molar-refractivity contribution in [1.82, 2.24) is 19.5 Å². The van der Waals surface area contributed by atoms with Crippen LogP contribution in [0.2, 0.25) is 0 Å². The van der Waals surface area contributed by atoms with E-state index in [1.165, 1.54) is 0 Å². The zero-order valence-electron chi connectivity index (χ0n) is 11.9. The number of hydrogen-bond donors (Lipinski definition) is 6. The van der Waals surface area contributed by atoms with Gasteiger partial charge in [0.15, 0.2) is 11.2 Å². The van der Waals surface area contributed by atoms with E-state index in [1.54, 1.807) is 0 Å². The summed E-state index contributed by atoms with van der Waals surface area (Å²) in [6.45, 7) is -0.579. The molecule has 1 fully saturated rings. The van der Waals surface area contributed by atoms with Crippen molar-refractivity contribution in [3.63, 3.8) is 0 Å². The fraction of sp³-hybridized carbons (Fsp3) is 0.500. The topological polar surface area (TPSA) is 206 Å². The molecular formula is C10H14N5O8P. The van der Waals surface area contributed by atoms with Crippen LogP contribution in [-0.4, -0.2) is 58.3 Å². The third kappa shape index (κ3) is 3.00. The molecule has 3 rings (SSSR count). The summed E-state index contributed by atoms with van der Waals surface area (Å²) in [5, 5.41) is 19.3. The van der Waals surface area contributed by atoms with Crippen LogP contribution in [0.25, 0.3) is 11.2 Å². The number of anilines is 1. The minimum Gasteiger partial charge on any atom is -0.480 e. The standard InChI is InChI=1S/C10H14N5O8P/c11-9-13-7-6(8(17)14-9)12-10(18)15(7)5-1-3(4(2-16)22-5)23-24(19,20)21/h3-5,16H,1-2H2,(H,12,18)(H2,19,20,21)(H3,11,13,14,17)/t3-,4+,5+/m0/s1. The maximum absolute atomic E-state index is 11.8. The average molecular weight is 363 g/mol. The second-order valence-corrected chi connectivity index (χ2v) is 6.28. The molecule has 1 aliphatic rings. The Bertz CT molecular complexity index is 874. The van der Waals surface area contributed by atoms with Crippen molar-refractivity contribution in [2.75, 3.05) is 12.3 Å². The molecule has 3 heterocycles. The molecule has 24 heavy (non-hydrogen) atoms. The predicted molar refractivity (Wildman–Crippen MR) is 76.8 cm³/mol. The van der Waals surface area contributed by atoms with Crippen LogP contribution in [0.5, 0.6) is 6.01 Å². The highest BCUT2D eigenvalue weighted by Crippen LogP contribution is 2.44. The van der Waals surface area contributed by atoms with Crippen LogP contribution in [0, 0.1) is 0 Å². The molecule has 0 saturated carbocycles. The van der Waals surface area contributed by atoms with Crippen LogP contribution in [0.3, 0.4) is 0 Å². The van der Waals surface area contributed by atoms with Gasteiger partial charge in [-0.25, -0.2) is 4.57 Å². The molecule has 0 bridgehead atoms. The van der Waals surface area contributed by atoms with Gasteiger partial charge in [-0.3, -0.25) is 18.9 Å². The number of nitrogens with zero attached hydrogens (tertiary/aromatic N) is 3. The smallest absolute Gasteiger partial charge is 0.469 e. The van der Waals surface area contributed by atoms with Crippen molar-refractivity contribution in [3.05, 3.63) is 10.4 Å². The van der Waals surface area contributed by atoms with Gasteiger partial charge in [0.25, 0.3) is 11.6 Å². The molecule has 0 radical (unpaired) electrons. The number of imidazole rings is 1. The third-order valence-electron chi connectivity index (χ3n) is 3.47. The molecule has 0 aromatic carbocycles. The number of phosphoric acid groups is 1. The first-order valence-electron chi connectivity index (χ1n) is 6.66. The van der Waals surface area contributed by atoms with E-state index in [0.717, 1.165) is 4.57 Å². The number of aromatic hydroxyl groups is 1. The molecule has 2 aromatic heterocycles. The number of aliphatic hydroxyl groups is 1. The van der Waals surface area contributed by atoms with E-state index < -0.39 is 44.4 Å². The Morgan fingerprint density at radius 2 is 2.17 bits per heavy atom. The first kappa shape index (κ1) is 16.8. The number of rotatable bonds is 4. The summed E-state index contributed by atoms with van der Waals surface area (Å²) in [5.41, 5.74) is 4.53. The number of H-pyrrole nitrogens is 1. The lowest BCUT2D eigenvalue weighted by molar-refractivity contribution is -0.0444. The second-order valence-electron chi connectivity index (χ2n) is 5.09. The summed E-state index contributed by atoms with van der Waals surface area (Å²) < 4.78 is 22.1. The van der Waals surface area contributed by atoms with E-state index in [0.29, 0.717) is 0 Å². The number of ether oxygens (including phenoxy) is 1. The lowest BCUT2D eigenvalue weighted by atomic mass is 10.2. The van der Waals surface area contributed by atoms with Gasteiger partial charge in [0.2, 0.25) is 5.95 Å². The van der Waals surface area contributed by atoms with E-state index in [-0.39, 0.29) is 23.5 Å². The molecule has 132 valence electrons. The minimum absolute atomic E-state index is 0.0766. The van der Waals surface area contributed by atoms with Crippen LogP contribution in [0.15, 0.2) is 4.79 Å². The number of aliphatic hydroxyl groups excluding tert-OH is 1. The highest BCUT2D eigenvalue weighted by atomic mass is 31.2. The van der Waals surface area contributed by atoms with Gasteiger partial charge in [-0.1, -0.05) is 0 Å². The lowest BCUT2D eigenvalue weighted by Gasteiger charge is -2.16. The van der Waals surface area contributed by atoms with E-state index in [1.807, 2.05) is 0 Å². The van der Waals surface area contributed by atoms with Crippen molar-refractivity contribution in [1.29, 1.82) is 0 Å². The first-order valence-corrected chi connectivity index (χ1v) is 8.19. The summed E-state index contributed by atoms with van der Waals surface area (Å²) in [5.74, 6) is -0.214. The zero-order valence-corrected chi connectivity index (χ0v) is 12.8. The number of aromatic amines is 1. The summed E-state index contributed by atoms with van der Waals surface area (Å²) in [4.78, 5) is 39.4. The number of aromatic nitrogens is 4. The Morgan fingerprint density at radius 1 is 1.46 bits per heavy atom. The third-order valence-corrected chi connectivity index (χ3v) is 4.02. The molecule has 0 aliphatic carbocycles. The van der Waals surface area contributed by atoms with Crippen molar-refractivity contribution in [2.45, 2.75) is 24.9 Å². The van der Waals surface area contributed by atoms with E-state index in [9.17, 15) is 19.6 Å². The van der Waals surface area contributed by atoms with Gasteiger partial charge in [0.05, 0.1) is 6.61 Å². The molecular weight excluding hydrogens is 349 g/mol. The van der Waals surface area contributed by atoms with Crippen molar-refractivity contribution in [3.8, 4) is 6.01 Å². The van der Waals surface area contributed by atoms with Crippen LogP contribution in [0.4, 0.5) is 5.95 Å². The van der Waals surface area contributed by atoms with Crippen LogP contribution >= 0.6 is 7.82 Å². The van der Waals surface area contributed by atoms with Crippen molar-refractivity contribution in [2.24, 2.45) is 0 Å². The molecule has 2 aromatic rings. The Kier molecular flexibility index (Phi) is 4.07. The van der Waals surface area contributed by atoms with Gasteiger partial charge in [-0.2, -0.15) is 9.97 Å². The van der Waals surface area contributed by atoms with Gasteiger partial charge >= 0.3 is 7.82 Å². The minimum atomic E-state index is -4.81. The molecule has 0 amide bonds. The monoisotopic (exact) mass is 363 g/mol. The second kappa shape index (κ2) is 5.81. The summed E-state index contributed by atoms with van der Waals surface area (Å²) in [7, 11) is -4.81. The Morgan fingerprint density at radius 3 is 2.79 bits per heavy atom. The number of hydrogen-bond acceptors (Lipinski definition) is 9. The van der Waals surface area contributed by atoms with Gasteiger partial charge in [-0.05, 0) is 0 Å². The van der Waals surface area contributed by atoms with E-state index in [4.69, 9.17) is 20.3 Å². The van der Waals surface area contributed by atoms with Crippen LogP contribution < -0.4 is 11.3 Å². The lowest BCUT2D eigenvalue weighted by Crippen LogP contribution is -2.26.